The summed E-state index contributed by atoms with van der Waals surface area (Å²) in [5.74, 6) is -1.14. The van der Waals surface area contributed by atoms with Gasteiger partial charge in [-0.3, -0.25) is 4.79 Å². The van der Waals surface area contributed by atoms with Gasteiger partial charge >= 0.3 is 0 Å². The molecule has 1 aromatic carbocycles. The average Bonchev–Trinajstić information content (AvgIpc) is 2.58. The third kappa shape index (κ3) is 2.06. The lowest BCUT2D eigenvalue weighted by Crippen LogP contribution is -2.11. The van der Waals surface area contributed by atoms with E-state index in [0.29, 0.717) is 6.42 Å². The standard InChI is InChI=1S/C12H12F2O/c13-10-4-2-5-11(14)9(10)7-8-3-1-6-12(8)15/h2,4-5,8H,1,3,6-7H2. The molecule has 1 unspecified atom stereocenters. The Morgan fingerprint density at radius 1 is 1.27 bits per heavy atom. The van der Waals surface area contributed by atoms with Crippen LogP contribution < -0.4 is 0 Å². The van der Waals surface area contributed by atoms with Crippen molar-refractivity contribution < 1.29 is 13.6 Å². The van der Waals surface area contributed by atoms with Gasteiger partial charge in [0.15, 0.2) is 0 Å². The van der Waals surface area contributed by atoms with Crippen LogP contribution >= 0.6 is 0 Å². The van der Waals surface area contributed by atoms with Crippen molar-refractivity contribution in [3.63, 3.8) is 0 Å². The first-order chi connectivity index (χ1) is 7.18. The van der Waals surface area contributed by atoms with Crippen LogP contribution in [-0.2, 0) is 11.2 Å². The molecule has 2 rings (SSSR count). The van der Waals surface area contributed by atoms with E-state index in [1.54, 1.807) is 0 Å². The molecule has 1 nitrogen and oxygen atoms in total. The van der Waals surface area contributed by atoms with Crippen LogP contribution in [0.25, 0.3) is 0 Å². The number of carbonyl (C=O) groups excluding carboxylic acids is 1. The molecule has 80 valence electrons. The van der Waals surface area contributed by atoms with E-state index >= 15 is 0 Å². The molecule has 1 aliphatic rings. The van der Waals surface area contributed by atoms with Crippen molar-refractivity contribution in [3.8, 4) is 0 Å². The second kappa shape index (κ2) is 4.09. The SMILES string of the molecule is O=C1CCCC1Cc1c(F)cccc1F. The summed E-state index contributed by atoms with van der Waals surface area (Å²) in [6.07, 6.45) is 2.37. The molecule has 0 spiro atoms. The van der Waals surface area contributed by atoms with Crippen LogP contribution in [-0.4, -0.2) is 5.78 Å². The Balaban J connectivity index is 2.20. The van der Waals surface area contributed by atoms with E-state index in [1.165, 1.54) is 18.2 Å². The van der Waals surface area contributed by atoms with Gasteiger partial charge in [0, 0.05) is 17.9 Å². The van der Waals surface area contributed by atoms with E-state index < -0.39 is 11.6 Å². The summed E-state index contributed by atoms with van der Waals surface area (Å²) in [4.78, 5) is 11.4. The number of halogens is 2. The summed E-state index contributed by atoms with van der Waals surface area (Å²) in [6, 6.07) is 3.81. The van der Waals surface area contributed by atoms with Crippen LogP contribution in [0.3, 0.4) is 0 Å². The van der Waals surface area contributed by atoms with Crippen molar-refractivity contribution in [2.24, 2.45) is 5.92 Å². The third-order valence-electron chi connectivity index (χ3n) is 2.94. The van der Waals surface area contributed by atoms with Crippen molar-refractivity contribution in [2.75, 3.05) is 0 Å². The number of hydrogen-bond donors (Lipinski definition) is 0. The highest BCUT2D eigenvalue weighted by Crippen LogP contribution is 2.26. The van der Waals surface area contributed by atoms with Gasteiger partial charge < -0.3 is 0 Å². The Bertz CT molecular complexity index is 367. The van der Waals surface area contributed by atoms with Crippen LogP contribution in [0, 0.1) is 17.6 Å². The largest absolute Gasteiger partial charge is 0.299 e. The van der Waals surface area contributed by atoms with Crippen molar-refractivity contribution in [3.05, 3.63) is 35.4 Å². The quantitative estimate of drug-likeness (QED) is 0.733. The molecule has 0 amide bonds. The molecule has 1 saturated carbocycles. The van der Waals surface area contributed by atoms with Crippen LogP contribution in [0.5, 0.6) is 0 Å². The first-order valence-corrected chi connectivity index (χ1v) is 5.14. The molecule has 1 fully saturated rings. The zero-order valence-electron chi connectivity index (χ0n) is 8.30. The maximum absolute atomic E-state index is 13.3. The minimum Gasteiger partial charge on any atom is -0.299 e. The molecule has 1 aromatic rings. The Hall–Kier alpha value is -1.25. The van der Waals surface area contributed by atoms with Gasteiger partial charge in [0.25, 0.3) is 0 Å². The topological polar surface area (TPSA) is 17.1 Å². The monoisotopic (exact) mass is 210 g/mol. The molecule has 15 heavy (non-hydrogen) atoms. The van der Waals surface area contributed by atoms with E-state index in [1.807, 2.05) is 0 Å². The first kappa shape index (κ1) is 10.3. The molecule has 3 heteroatoms. The number of benzene rings is 1. The predicted octanol–water partition coefficient (Wildman–Crippen LogP) is 2.88. The highest BCUT2D eigenvalue weighted by Gasteiger charge is 2.26. The minimum atomic E-state index is -0.547. The number of carbonyl (C=O) groups is 1. The molecule has 0 aromatic heterocycles. The Kier molecular flexibility index (Phi) is 2.80. The zero-order chi connectivity index (χ0) is 10.8. The van der Waals surface area contributed by atoms with E-state index in [2.05, 4.69) is 0 Å². The maximum atomic E-state index is 13.3. The third-order valence-corrected chi connectivity index (χ3v) is 2.94. The van der Waals surface area contributed by atoms with Gasteiger partial charge in [0.05, 0.1) is 0 Å². The van der Waals surface area contributed by atoms with Crippen molar-refractivity contribution >= 4 is 5.78 Å². The molecule has 0 saturated heterocycles. The summed E-state index contributed by atoms with van der Waals surface area (Å²) in [5.41, 5.74) is 0.0535. The summed E-state index contributed by atoms with van der Waals surface area (Å²) >= 11 is 0. The molecule has 0 aliphatic heterocycles. The van der Waals surface area contributed by atoms with Crippen LogP contribution in [0.4, 0.5) is 8.78 Å². The lowest BCUT2D eigenvalue weighted by Gasteiger charge is -2.09. The Morgan fingerprint density at radius 2 is 1.93 bits per heavy atom. The predicted molar refractivity (Wildman–Crippen MR) is 52.4 cm³/mol. The molecule has 0 heterocycles. The smallest absolute Gasteiger partial charge is 0.136 e. The fourth-order valence-corrected chi connectivity index (χ4v) is 2.08. The number of ketones is 1. The Labute approximate surface area is 87.1 Å². The van der Waals surface area contributed by atoms with Gasteiger partial charge in [0.1, 0.15) is 17.4 Å². The molecular formula is C12H12F2O. The highest BCUT2D eigenvalue weighted by atomic mass is 19.1. The first-order valence-electron chi connectivity index (χ1n) is 5.14. The molecular weight excluding hydrogens is 198 g/mol. The van der Waals surface area contributed by atoms with Crippen LogP contribution in [0.15, 0.2) is 18.2 Å². The summed E-state index contributed by atoms with van der Waals surface area (Å²) < 4.78 is 26.6. The van der Waals surface area contributed by atoms with Gasteiger partial charge in [-0.25, -0.2) is 8.78 Å². The average molecular weight is 210 g/mol. The van der Waals surface area contributed by atoms with Gasteiger partial charge in [0.2, 0.25) is 0 Å². The van der Waals surface area contributed by atoms with E-state index in [9.17, 15) is 13.6 Å². The van der Waals surface area contributed by atoms with Crippen molar-refractivity contribution in [1.29, 1.82) is 0 Å². The number of hydrogen-bond acceptors (Lipinski definition) is 1. The lowest BCUT2D eigenvalue weighted by atomic mass is 9.96. The second-order valence-corrected chi connectivity index (χ2v) is 3.96. The fourth-order valence-electron chi connectivity index (χ4n) is 2.08. The number of rotatable bonds is 2. The summed E-state index contributed by atoms with van der Waals surface area (Å²) in [5, 5.41) is 0. The van der Waals surface area contributed by atoms with Crippen molar-refractivity contribution in [1.82, 2.24) is 0 Å². The van der Waals surface area contributed by atoms with E-state index in [4.69, 9.17) is 0 Å². The Morgan fingerprint density at radius 3 is 2.47 bits per heavy atom. The van der Waals surface area contributed by atoms with Gasteiger partial charge in [-0.1, -0.05) is 6.07 Å². The maximum Gasteiger partial charge on any atom is 0.136 e. The highest BCUT2D eigenvalue weighted by molar-refractivity contribution is 5.83. The number of Topliss-reactive ketones (excluding diaryl/α,β-unsaturated/α-hetero) is 1. The summed E-state index contributed by atoms with van der Waals surface area (Å²) in [7, 11) is 0. The van der Waals surface area contributed by atoms with Gasteiger partial charge in [-0.2, -0.15) is 0 Å². The minimum absolute atomic E-state index is 0.0535. The zero-order valence-corrected chi connectivity index (χ0v) is 8.30. The molecule has 1 atom stereocenters. The van der Waals surface area contributed by atoms with Gasteiger partial charge in [-0.05, 0) is 31.4 Å². The molecule has 0 radical (unpaired) electrons. The van der Waals surface area contributed by atoms with Crippen LogP contribution in [0.1, 0.15) is 24.8 Å². The van der Waals surface area contributed by atoms with E-state index in [-0.39, 0.29) is 23.7 Å². The fraction of sp³-hybridized carbons (Fsp3) is 0.417. The molecule has 0 bridgehead atoms. The van der Waals surface area contributed by atoms with Crippen LogP contribution in [0.2, 0.25) is 0 Å². The molecule has 0 N–H and O–H groups in total. The second-order valence-electron chi connectivity index (χ2n) is 3.96. The molecule has 1 aliphatic carbocycles. The van der Waals surface area contributed by atoms with Gasteiger partial charge in [-0.15, -0.1) is 0 Å². The van der Waals surface area contributed by atoms with Crippen molar-refractivity contribution in [2.45, 2.75) is 25.7 Å². The normalized spacial score (nSPS) is 20.9. The lowest BCUT2D eigenvalue weighted by molar-refractivity contribution is -0.120. The van der Waals surface area contributed by atoms with E-state index in [0.717, 1.165) is 12.8 Å². The summed E-state index contributed by atoms with van der Waals surface area (Å²) in [6.45, 7) is 0.